The zero-order valence-corrected chi connectivity index (χ0v) is 13.5. The highest BCUT2D eigenvalue weighted by Gasteiger charge is 2.36. The molecule has 0 bridgehead atoms. The van der Waals surface area contributed by atoms with Gasteiger partial charge >= 0.3 is 0 Å². The summed E-state index contributed by atoms with van der Waals surface area (Å²) in [6.45, 7) is 2.07. The van der Waals surface area contributed by atoms with Crippen LogP contribution >= 0.6 is 0 Å². The summed E-state index contributed by atoms with van der Waals surface area (Å²) in [7, 11) is 1.55. The average molecular weight is 329 g/mol. The number of likely N-dealkylation sites (N-methyl/N-ethyl adjacent to an activating group) is 1. The van der Waals surface area contributed by atoms with E-state index in [-0.39, 0.29) is 24.1 Å². The largest absolute Gasteiger partial charge is 0.355 e. The molecule has 0 aliphatic carbocycles. The van der Waals surface area contributed by atoms with Crippen LogP contribution in [0.2, 0.25) is 0 Å². The molecule has 24 heavy (non-hydrogen) atoms. The summed E-state index contributed by atoms with van der Waals surface area (Å²) in [6, 6.07) is 6.00. The SMILES string of the molecule is CCN(C(=O)/C=C/c1ccc(C(=O)NC)cc1)[C@H]1CC(=O)NC1=O. The van der Waals surface area contributed by atoms with Gasteiger partial charge in [0.25, 0.3) is 5.91 Å². The zero-order valence-electron chi connectivity index (χ0n) is 13.5. The van der Waals surface area contributed by atoms with Crippen molar-refractivity contribution in [2.45, 2.75) is 19.4 Å². The van der Waals surface area contributed by atoms with Gasteiger partial charge in [-0.05, 0) is 30.7 Å². The Kier molecular flexibility index (Phi) is 5.47. The molecule has 1 fully saturated rings. The van der Waals surface area contributed by atoms with Crippen molar-refractivity contribution in [2.75, 3.05) is 13.6 Å². The van der Waals surface area contributed by atoms with Crippen molar-refractivity contribution in [1.29, 1.82) is 0 Å². The van der Waals surface area contributed by atoms with Gasteiger partial charge < -0.3 is 10.2 Å². The number of carbonyl (C=O) groups excluding carboxylic acids is 4. The predicted molar refractivity (Wildman–Crippen MR) is 87.8 cm³/mol. The highest BCUT2D eigenvalue weighted by molar-refractivity contribution is 6.07. The molecule has 0 saturated carbocycles. The van der Waals surface area contributed by atoms with Crippen molar-refractivity contribution in [3.63, 3.8) is 0 Å². The first-order valence-corrected chi connectivity index (χ1v) is 7.60. The number of hydrogen-bond acceptors (Lipinski definition) is 4. The van der Waals surface area contributed by atoms with Gasteiger partial charge in [-0.3, -0.25) is 24.5 Å². The van der Waals surface area contributed by atoms with E-state index in [4.69, 9.17) is 0 Å². The van der Waals surface area contributed by atoms with E-state index in [2.05, 4.69) is 10.6 Å². The van der Waals surface area contributed by atoms with Crippen LogP contribution in [0.1, 0.15) is 29.3 Å². The van der Waals surface area contributed by atoms with Crippen LogP contribution in [0.3, 0.4) is 0 Å². The molecule has 1 aliphatic rings. The number of benzene rings is 1. The number of hydrogen-bond donors (Lipinski definition) is 2. The van der Waals surface area contributed by atoms with E-state index in [9.17, 15) is 19.2 Å². The summed E-state index contributed by atoms with van der Waals surface area (Å²) < 4.78 is 0. The van der Waals surface area contributed by atoms with Crippen molar-refractivity contribution in [1.82, 2.24) is 15.5 Å². The first-order chi connectivity index (χ1) is 11.5. The van der Waals surface area contributed by atoms with Gasteiger partial charge in [0, 0.05) is 25.2 Å². The number of nitrogens with one attached hydrogen (secondary N) is 2. The van der Waals surface area contributed by atoms with Crippen LogP contribution in [0, 0.1) is 0 Å². The summed E-state index contributed by atoms with van der Waals surface area (Å²) in [5.74, 6) is -1.35. The Labute approximate surface area is 139 Å². The number of nitrogens with zero attached hydrogens (tertiary/aromatic N) is 1. The van der Waals surface area contributed by atoms with Crippen molar-refractivity contribution in [3.05, 3.63) is 41.5 Å². The van der Waals surface area contributed by atoms with Gasteiger partial charge in [-0.25, -0.2) is 0 Å². The fourth-order valence-corrected chi connectivity index (χ4v) is 2.47. The van der Waals surface area contributed by atoms with Crippen molar-refractivity contribution in [3.8, 4) is 0 Å². The van der Waals surface area contributed by atoms with Gasteiger partial charge in [0.05, 0.1) is 6.42 Å². The molecule has 4 amide bonds. The number of rotatable bonds is 5. The second-order valence-corrected chi connectivity index (χ2v) is 5.29. The average Bonchev–Trinajstić information content (AvgIpc) is 2.91. The first-order valence-electron chi connectivity index (χ1n) is 7.60. The van der Waals surface area contributed by atoms with Crippen LogP contribution < -0.4 is 10.6 Å². The lowest BCUT2D eigenvalue weighted by Crippen LogP contribution is -2.43. The van der Waals surface area contributed by atoms with Gasteiger partial charge in [-0.15, -0.1) is 0 Å². The predicted octanol–water partition coefficient (Wildman–Crippen LogP) is 0.323. The molecule has 7 heteroatoms. The van der Waals surface area contributed by atoms with Crippen LogP contribution in [-0.2, 0) is 14.4 Å². The molecule has 2 N–H and O–H groups in total. The van der Waals surface area contributed by atoms with Gasteiger partial charge in [-0.1, -0.05) is 12.1 Å². The highest BCUT2D eigenvalue weighted by atomic mass is 16.2. The number of carbonyl (C=O) groups is 4. The van der Waals surface area contributed by atoms with Gasteiger partial charge in [0.2, 0.25) is 17.7 Å². The summed E-state index contributed by atoms with van der Waals surface area (Å²) in [5, 5.41) is 4.73. The summed E-state index contributed by atoms with van der Waals surface area (Å²) in [5.41, 5.74) is 1.27. The fraction of sp³-hybridized carbons (Fsp3) is 0.294. The van der Waals surface area contributed by atoms with Crippen LogP contribution in [-0.4, -0.2) is 48.2 Å². The van der Waals surface area contributed by atoms with E-state index in [0.717, 1.165) is 5.56 Å². The molecule has 126 valence electrons. The van der Waals surface area contributed by atoms with E-state index >= 15 is 0 Å². The fourth-order valence-electron chi connectivity index (χ4n) is 2.47. The van der Waals surface area contributed by atoms with Crippen LogP contribution in [0.4, 0.5) is 0 Å². The number of imide groups is 1. The summed E-state index contributed by atoms with van der Waals surface area (Å²) in [4.78, 5) is 48.1. The quantitative estimate of drug-likeness (QED) is 0.601. The molecule has 1 aromatic rings. The Bertz CT molecular complexity index is 694. The number of amides is 4. The molecule has 1 aromatic carbocycles. The topological polar surface area (TPSA) is 95.6 Å². The minimum atomic E-state index is -0.754. The molecule has 0 spiro atoms. The third-order valence-corrected chi connectivity index (χ3v) is 3.76. The third-order valence-electron chi connectivity index (χ3n) is 3.76. The Morgan fingerprint density at radius 3 is 2.46 bits per heavy atom. The molecule has 1 atom stereocenters. The molecule has 0 aromatic heterocycles. The molecule has 0 unspecified atom stereocenters. The Hall–Kier alpha value is -2.96. The monoisotopic (exact) mass is 329 g/mol. The van der Waals surface area contributed by atoms with E-state index in [1.165, 1.54) is 11.0 Å². The van der Waals surface area contributed by atoms with Crippen molar-refractivity contribution < 1.29 is 19.2 Å². The van der Waals surface area contributed by atoms with Crippen molar-refractivity contribution in [2.24, 2.45) is 0 Å². The van der Waals surface area contributed by atoms with Gasteiger partial charge in [-0.2, -0.15) is 0 Å². The minimum Gasteiger partial charge on any atom is -0.355 e. The molecule has 0 radical (unpaired) electrons. The highest BCUT2D eigenvalue weighted by Crippen LogP contribution is 2.13. The molecular formula is C17H19N3O4. The molecular weight excluding hydrogens is 310 g/mol. The Balaban J connectivity index is 2.07. The van der Waals surface area contributed by atoms with E-state index < -0.39 is 11.9 Å². The second-order valence-electron chi connectivity index (χ2n) is 5.29. The molecule has 7 nitrogen and oxygen atoms in total. The minimum absolute atomic E-state index is 0.00687. The lowest BCUT2D eigenvalue weighted by atomic mass is 10.1. The maximum atomic E-state index is 12.3. The Morgan fingerprint density at radius 2 is 1.96 bits per heavy atom. The maximum Gasteiger partial charge on any atom is 0.251 e. The molecule has 1 saturated heterocycles. The standard InChI is InChI=1S/C17H19N3O4/c1-3-20(13-10-14(21)19-17(13)24)15(22)9-6-11-4-7-12(8-5-11)16(23)18-2/h4-9,13H,3,10H2,1-2H3,(H,18,23)(H,19,21,24)/b9-6+/t13-/m0/s1. The van der Waals surface area contributed by atoms with Crippen molar-refractivity contribution >= 4 is 29.7 Å². The molecule has 2 rings (SSSR count). The van der Waals surface area contributed by atoms with Crippen LogP contribution in [0.15, 0.2) is 30.3 Å². The smallest absolute Gasteiger partial charge is 0.251 e. The van der Waals surface area contributed by atoms with E-state index in [1.54, 1.807) is 44.3 Å². The van der Waals surface area contributed by atoms with E-state index in [1.807, 2.05) is 0 Å². The normalized spacial score (nSPS) is 17.0. The second kappa shape index (κ2) is 7.54. The van der Waals surface area contributed by atoms with Gasteiger partial charge in [0.1, 0.15) is 6.04 Å². The Morgan fingerprint density at radius 1 is 1.29 bits per heavy atom. The summed E-state index contributed by atoms with van der Waals surface area (Å²) >= 11 is 0. The maximum absolute atomic E-state index is 12.3. The molecule has 1 heterocycles. The third kappa shape index (κ3) is 3.87. The van der Waals surface area contributed by atoms with E-state index in [0.29, 0.717) is 12.1 Å². The zero-order chi connectivity index (χ0) is 17.7. The lowest BCUT2D eigenvalue weighted by Gasteiger charge is -2.23. The van der Waals surface area contributed by atoms with Crippen LogP contribution in [0.5, 0.6) is 0 Å². The summed E-state index contributed by atoms with van der Waals surface area (Å²) in [6.07, 6.45) is 2.95. The van der Waals surface area contributed by atoms with Crippen LogP contribution in [0.25, 0.3) is 6.08 Å². The van der Waals surface area contributed by atoms with Gasteiger partial charge in [0.15, 0.2) is 0 Å². The lowest BCUT2D eigenvalue weighted by molar-refractivity contribution is -0.135. The molecule has 1 aliphatic heterocycles. The first kappa shape index (κ1) is 17.4.